The van der Waals surface area contributed by atoms with E-state index in [0.29, 0.717) is 12.5 Å². The number of nitrogens with two attached hydrogens (primary N) is 1. The molecule has 0 saturated heterocycles. The lowest BCUT2D eigenvalue weighted by atomic mass is 9.92. The van der Waals surface area contributed by atoms with Gasteiger partial charge in [-0.25, -0.2) is 0 Å². The van der Waals surface area contributed by atoms with Gasteiger partial charge in [-0.1, -0.05) is 13.8 Å². The number of carbonyl (C=O) groups is 1. The third-order valence-corrected chi connectivity index (χ3v) is 2.13. The van der Waals surface area contributed by atoms with Crippen molar-refractivity contribution in [3.8, 4) is 0 Å². The van der Waals surface area contributed by atoms with Crippen LogP contribution in [0.15, 0.2) is 0 Å². The second-order valence-electron chi connectivity index (χ2n) is 3.87. The van der Waals surface area contributed by atoms with E-state index in [-0.39, 0.29) is 11.8 Å². The molecule has 0 aliphatic rings. The van der Waals surface area contributed by atoms with Crippen LogP contribution in [0, 0.1) is 11.8 Å². The molecule has 78 valence electrons. The number of carbonyl (C=O) groups excluding carboxylic acids is 1. The molecular formula is C10H22N2O. The molecule has 0 radical (unpaired) electrons. The minimum absolute atomic E-state index is 0.147. The fourth-order valence-corrected chi connectivity index (χ4v) is 1.49. The molecule has 3 N–H and O–H groups in total. The number of rotatable bonds is 6. The standard InChI is InChI=1S/C10H22N2O/c1-8(2)7-9(5-4-6-11)10(13)12-3/h8-9H,4-7,11H2,1-3H3,(H,12,13). The van der Waals surface area contributed by atoms with E-state index in [2.05, 4.69) is 19.2 Å². The Morgan fingerprint density at radius 1 is 1.46 bits per heavy atom. The normalized spacial score (nSPS) is 13.0. The van der Waals surface area contributed by atoms with Crippen LogP contribution in [0.1, 0.15) is 33.1 Å². The van der Waals surface area contributed by atoms with Crippen LogP contribution in [0.3, 0.4) is 0 Å². The Labute approximate surface area is 81.1 Å². The first-order valence-electron chi connectivity index (χ1n) is 5.03. The molecule has 0 aromatic heterocycles. The van der Waals surface area contributed by atoms with Gasteiger partial charge in [0.05, 0.1) is 0 Å². The van der Waals surface area contributed by atoms with Gasteiger partial charge in [0, 0.05) is 13.0 Å². The van der Waals surface area contributed by atoms with E-state index >= 15 is 0 Å². The van der Waals surface area contributed by atoms with Crippen molar-refractivity contribution in [1.29, 1.82) is 0 Å². The Kier molecular flexibility index (Phi) is 6.59. The summed E-state index contributed by atoms with van der Waals surface area (Å²) in [6, 6.07) is 0. The molecule has 13 heavy (non-hydrogen) atoms. The summed E-state index contributed by atoms with van der Waals surface area (Å²) in [5.74, 6) is 0.871. The molecular weight excluding hydrogens is 164 g/mol. The molecule has 0 heterocycles. The Bertz CT molecular complexity index is 146. The highest BCUT2D eigenvalue weighted by atomic mass is 16.1. The average molecular weight is 186 g/mol. The average Bonchev–Trinajstić information content (AvgIpc) is 2.10. The van der Waals surface area contributed by atoms with Crippen molar-refractivity contribution >= 4 is 5.91 Å². The van der Waals surface area contributed by atoms with Crippen LogP contribution < -0.4 is 11.1 Å². The molecule has 0 spiro atoms. The van der Waals surface area contributed by atoms with E-state index in [9.17, 15) is 4.79 Å². The van der Waals surface area contributed by atoms with E-state index in [1.165, 1.54) is 0 Å². The zero-order valence-electron chi connectivity index (χ0n) is 8.97. The fourth-order valence-electron chi connectivity index (χ4n) is 1.49. The van der Waals surface area contributed by atoms with Crippen molar-refractivity contribution in [3.63, 3.8) is 0 Å². The van der Waals surface area contributed by atoms with Crippen LogP contribution in [0.4, 0.5) is 0 Å². The lowest BCUT2D eigenvalue weighted by molar-refractivity contribution is -0.125. The zero-order valence-corrected chi connectivity index (χ0v) is 8.97. The van der Waals surface area contributed by atoms with Gasteiger partial charge in [-0.15, -0.1) is 0 Å². The first kappa shape index (κ1) is 12.4. The molecule has 0 rings (SSSR count). The van der Waals surface area contributed by atoms with E-state index in [0.717, 1.165) is 19.3 Å². The molecule has 3 heteroatoms. The maximum absolute atomic E-state index is 11.4. The third kappa shape index (κ3) is 5.64. The quantitative estimate of drug-likeness (QED) is 0.653. The van der Waals surface area contributed by atoms with E-state index in [4.69, 9.17) is 5.73 Å². The topological polar surface area (TPSA) is 55.1 Å². The van der Waals surface area contributed by atoms with Crippen LogP contribution in [0.25, 0.3) is 0 Å². The van der Waals surface area contributed by atoms with Gasteiger partial charge in [-0.05, 0) is 31.7 Å². The smallest absolute Gasteiger partial charge is 0.222 e. The molecule has 0 saturated carbocycles. The molecule has 0 aromatic rings. The van der Waals surface area contributed by atoms with Gasteiger partial charge >= 0.3 is 0 Å². The first-order valence-corrected chi connectivity index (χ1v) is 5.03. The molecule has 0 bridgehead atoms. The van der Waals surface area contributed by atoms with Crippen molar-refractivity contribution < 1.29 is 4.79 Å². The van der Waals surface area contributed by atoms with Crippen molar-refractivity contribution in [1.82, 2.24) is 5.32 Å². The van der Waals surface area contributed by atoms with Gasteiger partial charge in [0.15, 0.2) is 0 Å². The SMILES string of the molecule is CNC(=O)C(CCCN)CC(C)C. The summed E-state index contributed by atoms with van der Waals surface area (Å²) < 4.78 is 0. The van der Waals surface area contributed by atoms with Gasteiger partial charge < -0.3 is 11.1 Å². The number of amides is 1. The van der Waals surface area contributed by atoms with Crippen LogP contribution in [0.2, 0.25) is 0 Å². The summed E-state index contributed by atoms with van der Waals surface area (Å²) in [7, 11) is 1.69. The molecule has 1 amide bonds. The van der Waals surface area contributed by atoms with Crippen molar-refractivity contribution in [2.45, 2.75) is 33.1 Å². The maximum Gasteiger partial charge on any atom is 0.222 e. The van der Waals surface area contributed by atoms with Crippen molar-refractivity contribution in [2.24, 2.45) is 17.6 Å². The summed E-state index contributed by atoms with van der Waals surface area (Å²) in [6.07, 6.45) is 2.80. The molecule has 3 nitrogen and oxygen atoms in total. The summed E-state index contributed by atoms with van der Waals surface area (Å²) >= 11 is 0. The third-order valence-electron chi connectivity index (χ3n) is 2.13. The lowest BCUT2D eigenvalue weighted by Crippen LogP contribution is -2.28. The van der Waals surface area contributed by atoms with Crippen molar-refractivity contribution in [3.05, 3.63) is 0 Å². The van der Waals surface area contributed by atoms with Crippen LogP contribution >= 0.6 is 0 Å². The number of hydrogen-bond donors (Lipinski definition) is 2. The monoisotopic (exact) mass is 186 g/mol. The Morgan fingerprint density at radius 3 is 2.46 bits per heavy atom. The highest BCUT2D eigenvalue weighted by Gasteiger charge is 2.17. The molecule has 0 aliphatic carbocycles. The molecule has 0 aliphatic heterocycles. The predicted octanol–water partition coefficient (Wildman–Crippen LogP) is 1.13. The van der Waals surface area contributed by atoms with Gasteiger partial charge in [-0.2, -0.15) is 0 Å². The summed E-state index contributed by atoms with van der Waals surface area (Å²) in [6.45, 7) is 4.95. The van der Waals surface area contributed by atoms with Crippen LogP contribution in [0.5, 0.6) is 0 Å². The summed E-state index contributed by atoms with van der Waals surface area (Å²) in [4.78, 5) is 11.4. The lowest BCUT2D eigenvalue weighted by Gasteiger charge is -2.16. The van der Waals surface area contributed by atoms with Crippen molar-refractivity contribution in [2.75, 3.05) is 13.6 Å². The molecule has 1 atom stereocenters. The molecule has 1 unspecified atom stereocenters. The highest BCUT2D eigenvalue weighted by molar-refractivity contribution is 5.78. The molecule has 0 aromatic carbocycles. The summed E-state index contributed by atoms with van der Waals surface area (Å²) in [5.41, 5.74) is 5.42. The molecule has 0 fully saturated rings. The van der Waals surface area contributed by atoms with Crippen LogP contribution in [-0.2, 0) is 4.79 Å². The highest BCUT2D eigenvalue weighted by Crippen LogP contribution is 2.16. The van der Waals surface area contributed by atoms with Gasteiger partial charge in [0.25, 0.3) is 0 Å². The first-order chi connectivity index (χ1) is 6.11. The minimum atomic E-state index is 0.147. The Morgan fingerprint density at radius 2 is 2.08 bits per heavy atom. The number of hydrogen-bond acceptors (Lipinski definition) is 2. The Balaban J connectivity index is 3.94. The fraction of sp³-hybridized carbons (Fsp3) is 0.900. The van der Waals surface area contributed by atoms with E-state index in [1.54, 1.807) is 7.05 Å². The van der Waals surface area contributed by atoms with Gasteiger partial charge in [-0.3, -0.25) is 4.79 Å². The summed E-state index contributed by atoms with van der Waals surface area (Å²) in [5, 5.41) is 2.70. The maximum atomic E-state index is 11.4. The largest absolute Gasteiger partial charge is 0.359 e. The Hall–Kier alpha value is -0.570. The van der Waals surface area contributed by atoms with Gasteiger partial charge in [0.2, 0.25) is 5.91 Å². The number of nitrogens with one attached hydrogen (secondary N) is 1. The second kappa shape index (κ2) is 6.89. The zero-order chi connectivity index (χ0) is 10.3. The van der Waals surface area contributed by atoms with Crippen LogP contribution in [-0.4, -0.2) is 19.5 Å². The predicted molar refractivity (Wildman–Crippen MR) is 55.3 cm³/mol. The van der Waals surface area contributed by atoms with E-state index in [1.807, 2.05) is 0 Å². The van der Waals surface area contributed by atoms with Gasteiger partial charge in [0.1, 0.15) is 0 Å². The minimum Gasteiger partial charge on any atom is -0.359 e. The van der Waals surface area contributed by atoms with E-state index < -0.39 is 0 Å². The second-order valence-corrected chi connectivity index (χ2v) is 3.87.